The molecule has 0 radical (unpaired) electrons. The second kappa shape index (κ2) is 4.23. The number of nitrogens with two attached hydrogens (primary N) is 1. The van der Waals surface area contributed by atoms with Crippen molar-refractivity contribution in [2.45, 2.75) is 19.4 Å². The first-order valence-corrected chi connectivity index (χ1v) is 4.26. The van der Waals surface area contributed by atoms with E-state index < -0.39 is 12.7 Å². The van der Waals surface area contributed by atoms with Crippen molar-refractivity contribution in [2.24, 2.45) is 5.73 Å². The molecule has 0 aliphatic heterocycles. The number of alkyl halides is 1. The zero-order valence-electron chi connectivity index (χ0n) is 7.63. The van der Waals surface area contributed by atoms with Crippen molar-refractivity contribution in [3.05, 3.63) is 29.3 Å². The van der Waals surface area contributed by atoms with Crippen molar-refractivity contribution in [3.8, 4) is 5.75 Å². The molecule has 3 heteroatoms. The smallest absolute Gasteiger partial charge is 0.120 e. The number of halogens is 1. The summed E-state index contributed by atoms with van der Waals surface area (Å²) in [6.07, 6.45) is 0.247. The summed E-state index contributed by atoms with van der Waals surface area (Å²) in [6, 6.07) is 4.75. The molecule has 0 aromatic heterocycles. The second-order valence-electron chi connectivity index (χ2n) is 3.15. The number of phenolic OH excluding ortho intramolecular Hbond substituents is 1. The molecule has 0 unspecified atom stereocenters. The van der Waals surface area contributed by atoms with Gasteiger partial charge in [-0.3, -0.25) is 4.39 Å². The molecule has 1 aromatic carbocycles. The zero-order valence-corrected chi connectivity index (χ0v) is 7.63. The van der Waals surface area contributed by atoms with Gasteiger partial charge in [-0.2, -0.15) is 0 Å². The number of phenols is 1. The van der Waals surface area contributed by atoms with Crippen LogP contribution in [0.5, 0.6) is 5.75 Å². The Labute approximate surface area is 77.2 Å². The molecule has 13 heavy (non-hydrogen) atoms. The van der Waals surface area contributed by atoms with Gasteiger partial charge < -0.3 is 10.8 Å². The topological polar surface area (TPSA) is 46.2 Å². The fourth-order valence-corrected chi connectivity index (χ4v) is 1.24. The lowest BCUT2D eigenvalue weighted by Crippen LogP contribution is -2.11. The van der Waals surface area contributed by atoms with Crippen molar-refractivity contribution in [3.63, 3.8) is 0 Å². The van der Waals surface area contributed by atoms with E-state index in [2.05, 4.69) is 0 Å². The first-order valence-electron chi connectivity index (χ1n) is 4.26. The highest BCUT2D eigenvalue weighted by Gasteiger charge is 2.10. The van der Waals surface area contributed by atoms with E-state index in [1.54, 1.807) is 18.2 Å². The highest BCUT2D eigenvalue weighted by molar-refractivity contribution is 5.37. The Morgan fingerprint density at radius 1 is 1.54 bits per heavy atom. The van der Waals surface area contributed by atoms with Crippen molar-refractivity contribution in [2.75, 3.05) is 6.67 Å². The number of aryl methyl sites for hydroxylation is 1. The summed E-state index contributed by atoms with van der Waals surface area (Å²) in [4.78, 5) is 0. The van der Waals surface area contributed by atoms with Gasteiger partial charge in [-0.25, -0.2) is 0 Å². The summed E-state index contributed by atoms with van der Waals surface area (Å²) < 4.78 is 12.0. The molecule has 1 aromatic rings. The van der Waals surface area contributed by atoms with E-state index in [0.717, 1.165) is 5.56 Å². The van der Waals surface area contributed by atoms with Gasteiger partial charge in [0, 0.05) is 11.6 Å². The molecule has 1 atom stereocenters. The molecule has 0 amide bonds. The molecule has 3 N–H and O–H groups in total. The molecule has 0 heterocycles. The van der Waals surface area contributed by atoms with E-state index >= 15 is 0 Å². The van der Waals surface area contributed by atoms with Crippen LogP contribution in [0.25, 0.3) is 0 Å². The van der Waals surface area contributed by atoms with Gasteiger partial charge in [-0.1, -0.05) is 17.7 Å². The molecular weight excluding hydrogens is 169 g/mol. The summed E-state index contributed by atoms with van der Waals surface area (Å²) in [5, 5.41) is 9.43. The third kappa shape index (κ3) is 2.42. The molecule has 0 aliphatic rings. The van der Waals surface area contributed by atoms with E-state index in [1.165, 1.54) is 0 Å². The lowest BCUT2D eigenvalue weighted by atomic mass is 10.0. The maximum absolute atomic E-state index is 12.0. The van der Waals surface area contributed by atoms with Crippen LogP contribution in [-0.4, -0.2) is 11.8 Å². The number of rotatable bonds is 3. The van der Waals surface area contributed by atoms with Crippen LogP contribution in [0.4, 0.5) is 4.39 Å². The van der Waals surface area contributed by atoms with Crippen LogP contribution >= 0.6 is 0 Å². The summed E-state index contributed by atoms with van der Waals surface area (Å²) in [7, 11) is 0. The third-order valence-electron chi connectivity index (χ3n) is 2.00. The molecule has 0 fully saturated rings. The maximum Gasteiger partial charge on any atom is 0.120 e. The number of benzene rings is 1. The Kier molecular flexibility index (Phi) is 3.25. The van der Waals surface area contributed by atoms with Crippen LogP contribution in [0.3, 0.4) is 0 Å². The SMILES string of the molecule is Cc1ccc(O)c([C@H](N)CCF)c1. The number of hydrogen-bond acceptors (Lipinski definition) is 2. The van der Waals surface area contributed by atoms with Crippen LogP contribution in [0.1, 0.15) is 23.6 Å². The fraction of sp³-hybridized carbons (Fsp3) is 0.400. The average molecular weight is 183 g/mol. The van der Waals surface area contributed by atoms with Gasteiger partial charge in [0.1, 0.15) is 5.75 Å². The van der Waals surface area contributed by atoms with E-state index in [9.17, 15) is 9.50 Å². The van der Waals surface area contributed by atoms with E-state index in [-0.39, 0.29) is 12.2 Å². The Bertz CT molecular complexity index is 288. The minimum atomic E-state index is -0.464. The molecular formula is C10H14FNO. The maximum atomic E-state index is 12.0. The van der Waals surface area contributed by atoms with Crippen molar-refractivity contribution < 1.29 is 9.50 Å². The molecule has 0 saturated heterocycles. The first kappa shape index (κ1) is 9.99. The molecule has 72 valence electrons. The lowest BCUT2D eigenvalue weighted by molar-refractivity contribution is 0.424. The van der Waals surface area contributed by atoms with E-state index in [4.69, 9.17) is 5.73 Å². The summed E-state index contributed by atoms with van der Waals surface area (Å²) in [5.74, 6) is 0.145. The van der Waals surface area contributed by atoms with Gasteiger partial charge in [0.2, 0.25) is 0 Å². The van der Waals surface area contributed by atoms with E-state index in [1.807, 2.05) is 6.92 Å². The monoisotopic (exact) mass is 183 g/mol. The Balaban J connectivity index is 2.91. The molecule has 0 spiro atoms. The van der Waals surface area contributed by atoms with E-state index in [0.29, 0.717) is 5.56 Å². The third-order valence-corrected chi connectivity index (χ3v) is 2.00. The predicted molar refractivity (Wildman–Crippen MR) is 50.4 cm³/mol. The average Bonchev–Trinajstić information content (AvgIpc) is 2.09. The van der Waals surface area contributed by atoms with Gasteiger partial charge in [-0.05, 0) is 19.4 Å². The van der Waals surface area contributed by atoms with Crippen LogP contribution in [0, 0.1) is 6.92 Å². The minimum absolute atomic E-state index is 0.145. The minimum Gasteiger partial charge on any atom is -0.508 e. The summed E-state index contributed by atoms with van der Waals surface area (Å²) >= 11 is 0. The van der Waals surface area contributed by atoms with Crippen molar-refractivity contribution >= 4 is 0 Å². The number of aromatic hydroxyl groups is 1. The summed E-state index contributed by atoms with van der Waals surface area (Å²) in [5.41, 5.74) is 7.31. The van der Waals surface area contributed by atoms with Gasteiger partial charge in [0.15, 0.2) is 0 Å². The highest BCUT2D eigenvalue weighted by atomic mass is 19.1. The van der Waals surface area contributed by atoms with Crippen LogP contribution in [0.2, 0.25) is 0 Å². The molecule has 0 bridgehead atoms. The van der Waals surface area contributed by atoms with Crippen LogP contribution in [-0.2, 0) is 0 Å². The lowest BCUT2D eigenvalue weighted by Gasteiger charge is -2.12. The fourth-order valence-electron chi connectivity index (χ4n) is 1.24. The van der Waals surface area contributed by atoms with Crippen LogP contribution < -0.4 is 5.73 Å². The predicted octanol–water partition coefficient (Wildman–Crippen LogP) is 2.06. The second-order valence-corrected chi connectivity index (χ2v) is 3.15. The molecule has 1 rings (SSSR count). The van der Waals surface area contributed by atoms with Crippen LogP contribution in [0.15, 0.2) is 18.2 Å². The quantitative estimate of drug-likeness (QED) is 0.753. The largest absolute Gasteiger partial charge is 0.508 e. The van der Waals surface area contributed by atoms with Gasteiger partial charge in [0.25, 0.3) is 0 Å². The number of hydrogen-bond donors (Lipinski definition) is 2. The summed E-state index contributed by atoms with van der Waals surface area (Å²) in [6.45, 7) is 1.44. The van der Waals surface area contributed by atoms with Gasteiger partial charge in [-0.15, -0.1) is 0 Å². The van der Waals surface area contributed by atoms with Gasteiger partial charge >= 0.3 is 0 Å². The van der Waals surface area contributed by atoms with Crippen molar-refractivity contribution in [1.29, 1.82) is 0 Å². The highest BCUT2D eigenvalue weighted by Crippen LogP contribution is 2.25. The normalized spacial score (nSPS) is 12.8. The van der Waals surface area contributed by atoms with Gasteiger partial charge in [0.05, 0.1) is 6.67 Å². The first-order chi connectivity index (χ1) is 6.15. The Morgan fingerprint density at radius 3 is 2.85 bits per heavy atom. The molecule has 0 aliphatic carbocycles. The van der Waals surface area contributed by atoms with Crippen molar-refractivity contribution in [1.82, 2.24) is 0 Å². The zero-order chi connectivity index (χ0) is 9.84. The molecule has 0 saturated carbocycles. The standard InChI is InChI=1S/C10H14FNO/c1-7-2-3-10(13)8(6-7)9(12)4-5-11/h2-3,6,9,13H,4-5,12H2,1H3/t9-/m1/s1. The Morgan fingerprint density at radius 2 is 2.23 bits per heavy atom. The Hall–Kier alpha value is -1.09. The molecule has 2 nitrogen and oxygen atoms in total.